The lowest BCUT2D eigenvalue weighted by Gasteiger charge is -2.29. The lowest BCUT2D eigenvalue weighted by atomic mass is 10.00. The largest absolute Gasteiger partial charge is 0.480 e. The highest BCUT2D eigenvalue weighted by molar-refractivity contribution is 6.30. The van der Waals surface area contributed by atoms with Gasteiger partial charge in [-0.1, -0.05) is 17.7 Å². The van der Waals surface area contributed by atoms with Crippen molar-refractivity contribution < 1.29 is 13.9 Å². The van der Waals surface area contributed by atoms with E-state index in [0.717, 1.165) is 40.8 Å². The van der Waals surface area contributed by atoms with Gasteiger partial charge in [0.1, 0.15) is 12.1 Å². The standard InChI is InChI=1S/C24H21ClFN5O2/c1-32-22-12-16(24(25)30-29-22)10-15-2-5-20(26)19(11-15)23-18-4-3-17(13-21(18)27-14-28-23)31-6-8-33-9-7-31/h2-5,11-14H,6-10H2,1H3. The SMILES string of the molecule is COc1cc(Cc2ccc(F)c(-c3ncnc4cc(N5CCOCC5)ccc34)c2)c(Cl)nn1. The van der Waals surface area contributed by atoms with Gasteiger partial charge in [-0.15, -0.1) is 10.2 Å². The van der Waals surface area contributed by atoms with Gasteiger partial charge >= 0.3 is 0 Å². The highest BCUT2D eigenvalue weighted by atomic mass is 35.5. The van der Waals surface area contributed by atoms with Crippen molar-refractivity contribution in [2.45, 2.75) is 6.42 Å². The van der Waals surface area contributed by atoms with Crippen LogP contribution in [-0.2, 0) is 11.2 Å². The summed E-state index contributed by atoms with van der Waals surface area (Å²) in [5.41, 5.74) is 4.38. The summed E-state index contributed by atoms with van der Waals surface area (Å²) < 4.78 is 25.5. The van der Waals surface area contributed by atoms with Gasteiger partial charge in [-0.2, -0.15) is 0 Å². The van der Waals surface area contributed by atoms with Gasteiger partial charge in [0.15, 0.2) is 5.15 Å². The van der Waals surface area contributed by atoms with Crippen LogP contribution in [0.4, 0.5) is 10.1 Å². The summed E-state index contributed by atoms with van der Waals surface area (Å²) in [6, 6.07) is 12.7. The first-order valence-electron chi connectivity index (χ1n) is 10.5. The Bertz CT molecular complexity index is 1310. The van der Waals surface area contributed by atoms with Gasteiger partial charge in [0.05, 0.1) is 31.5 Å². The fourth-order valence-electron chi connectivity index (χ4n) is 3.98. The zero-order chi connectivity index (χ0) is 22.8. The van der Waals surface area contributed by atoms with E-state index < -0.39 is 0 Å². The van der Waals surface area contributed by atoms with Gasteiger partial charge in [0, 0.05) is 47.8 Å². The number of fused-ring (bicyclic) bond motifs is 1. The zero-order valence-corrected chi connectivity index (χ0v) is 18.7. The minimum absolute atomic E-state index is 0.282. The average molecular weight is 466 g/mol. The summed E-state index contributed by atoms with van der Waals surface area (Å²) in [7, 11) is 1.52. The lowest BCUT2D eigenvalue weighted by Crippen LogP contribution is -2.36. The molecule has 2 aromatic carbocycles. The number of nitrogens with zero attached hydrogens (tertiary/aromatic N) is 5. The van der Waals surface area contributed by atoms with Crippen molar-refractivity contribution in [1.82, 2.24) is 20.2 Å². The average Bonchev–Trinajstić information content (AvgIpc) is 2.86. The molecule has 0 saturated carbocycles. The molecule has 33 heavy (non-hydrogen) atoms. The van der Waals surface area contributed by atoms with E-state index in [2.05, 4.69) is 25.1 Å². The third-order valence-corrected chi connectivity index (χ3v) is 6.00. The van der Waals surface area contributed by atoms with Crippen LogP contribution >= 0.6 is 11.6 Å². The fourth-order valence-corrected chi connectivity index (χ4v) is 4.14. The number of morpholine rings is 1. The van der Waals surface area contributed by atoms with Gasteiger partial charge in [-0.3, -0.25) is 0 Å². The van der Waals surface area contributed by atoms with E-state index in [1.165, 1.54) is 19.5 Å². The first-order valence-corrected chi connectivity index (χ1v) is 10.9. The van der Waals surface area contributed by atoms with Crippen LogP contribution in [0.1, 0.15) is 11.1 Å². The molecule has 2 aromatic heterocycles. The summed E-state index contributed by atoms with van der Waals surface area (Å²) >= 11 is 6.21. The molecule has 0 aliphatic carbocycles. The molecule has 4 aromatic rings. The fraction of sp³-hybridized carbons (Fsp3) is 0.250. The molecule has 1 fully saturated rings. The van der Waals surface area contributed by atoms with Crippen molar-refractivity contribution in [2.75, 3.05) is 38.3 Å². The first kappa shape index (κ1) is 21.5. The molecule has 0 unspecified atom stereocenters. The number of halogens is 2. The van der Waals surface area contributed by atoms with Crippen molar-refractivity contribution in [3.63, 3.8) is 0 Å². The third-order valence-electron chi connectivity index (χ3n) is 5.68. The van der Waals surface area contributed by atoms with E-state index in [4.69, 9.17) is 21.1 Å². The van der Waals surface area contributed by atoms with E-state index in [0.29, 0.717) is 36.8 Å². The number of methoxy groups -OCH3 is 1. The summed E-state index contributed by atoms with van der Waals surface area (Å²) in [5, 5.41) is 8.85. The van der Waals surface area contributed by atoms with Gasteiger partial charge in [-0.05, 0) is 35.9 Å². The van der Waals surface area contributed by atoms with E-state index in [9.17, 15) is 4.39 Å². The van der Waals surface area contributed by atoms with Crippen molar-refractivity contribution in [2.24, 2.45) is 0 Å². The summed E-state index contributed by atoms with van der Waals surface area (Å²) in [4.78, 5) is 11.1. The second-order valence-corrected chi connectivity index (χ2v) is 8.07. The Kier molecular flexibility index (Phi) is 6.02. The van der Waals surface area contributed by atoms with Crippen molar-refractivity contribution >= 4 is 28.2 Å². The second kappa shape index (κ2) is 9.25. The highest BCUT2D eigenvalue weighted by Gasteiger charge is 2.16. The zero-order valence-electron chi connectivity index (χ0n) is 18.0. The Morgan fingerprint density at radius 2 is 1.91 bits per heavy atom. The quantitative estimate of drug-likeness (QED) is 0.434. The molecule has 0 N–H and O–H groups in total. The molecule has 7 nitrogen and oxygen atoms in total. The van der Waals surface area contributed by atoms with E-state index in [1.54, 1.807) is 18.2 Å². The van der Waals surface area contributed by atoms with Crippen LogP contribution in [0, 0.1) is 5.82 Å². The van der Waals surface area contributed by atoms with Crippen LogP contribution in [0.25, 0.3) is 22.2 Å². The number of hydrogen-bond acceptors (Lipinski definition) is 7. The molecule has 1 saturated heterocycles. The molecule has 0 radical (unpaired) electrons. The van der Waals surface area contributed by atoms with Crippen LogP contribution in [0.5, 0.6) is 5.88 Å². The number of anilines is 1. The third kappa shape index (κ3) is 4.44. The van der Waals surface area contributed by atoms with Gasteiger partial charge < -0.3 is 14.4 Å². The van der Waals surface area contributed by atoms with E-state index in [1.807, 2.05) is 18.2 Å². The molecule has 168 valence electrons. The molecule has 1 aliphatic heterocycles. The second-order valence-electron chi connectivity index (χ2n) is 7.72. The highest BCUT2D eigenvalue weighted by Crippen LogP contribution is 2.31. The topological polar surface area (TPSA) is 73.3 Å². The van der Waals surface area contributed by atoms with Crippen molar-refractivity contribution in [3.05, 3.63) is 70.9 Å². The Labute approximate surface area is 195 Å². The minimum Gasteiger partial charge on any atom is -0.480 e. The maximum absolute atomic E-state index is 14.9. The minimum atomic E-state index is -0.354. The van der Waals surface area contributed by atoms with Crippen molar-refractivity contribution in [3.8, 4) is 17.1 Å². The number of rotatable bonds is 5. The monoisotopic (exact) mass is 465 g/mol. The van der Waals surface area contributed by atoms with Crippen LogP contribution < -0.4 is 9.64 Å². The maximum Gasteiger partial charge on any atom is 0.233 e. The van der Waals surface area contributed by atoms with Gasteiger partial charge in [-0.25, -0.2) is 14.4 Å². The Morgan fingerprint density at radius 3 is 2.73 bits per heavy atom. The molecule has 0 amide bonds. The molecule has 0 spiro atoms. The Hall–Kier alpha value is -3.36. The molecule has 0 bridgehead atoms. The number of ether oxygens (including phenoxy) is 2. The first-order chi connectivity index (χ1) is 16.1. The molecule has 1 aliphatic rings. The molecule has 0 atom stereocenters. The van der Waals surface area contributed by atoms with Crippen LogP contribution in [-0.4, -0.2) is 53.6 Å². The van der Waals surface area contributed by atoms with Gasteiger partial charge in [0.25, 0.3) is 0 Å². The van der Waals surface area contributed by atoms with Crippen LogP contribution in [0.3, 0.4) is 0 Å². The number of benzene rings is 2. The number of aromatic nitrogens is 4. The summed E-state index contributed by atoms with van der Waals surface area (Å²) in [6.45, 7) is 3.07. The van der Waals surface area contributed by atoms with E-state index >= 15 is 0 Å². The van der Waals surface area contributed by atoms with Crippen molar-refractivity contribution in [1.29, 1.82) is 0 Å². The summed E-state index contributed by atoms with van der Waals surface area (Å²) in [5.74, 6) is 0.0159. The maximum atomic E-state index is 14.9. The van der Waals surface area contributed by atoms with E-state index in [-0.39, 0.29) is 11.0 Å². The molecular weight excluding hydrogens is 445 g/mol. The smallest absolute Gasteiger partial charge is 0.233 e. The molecule has 3 heterocycles. The number of hydrogen-bond donors (Lipinski definition) is 0. The predicted octanol–water partition coefficient (Wildman–Crippen LogP) is 4.32. The van der Waals surface area contributed by atoms with Gasteiger partial charge in [0.2, 0.25) is 5.88 Å². The Morgan fingerprint density at radius 1 is 1.06 bits per heavy atom. The van der Waals surface area contributed by atoms with Crippen LogP contribution in [0.2, 0.25) is 5.15 Å². The lowest BCUT2D eigenvalue weighted by molar-refractivity contribution is 0.122. The molecule has 9 heteroatoms. The molecular formula is C24H21ClFN5O2. The predicted molar refractivity (Wildman–Crippen MR) is 124 cm³/mol. The Balaban J connectivity index is 1.52. The summed E-state index contributed by atoms with van der Waals surface area (Å²) in [6.07, 6.45) is 1.92. The van der Waals surface area contributed by atoms with Crippen LogP contribution in [0.15, 0.2) is 48.8 Å². The normalized spacial score (nSPS) is 14.0. The molecule has 5 rings (SSSR count).